The molecule has 0 bridgehead atoms. The summed E-state index contributed by atoms with van der Waals surface area (Å²) < 4.78 is 0. The van der Waals surface area contributed by atoms with Gasteiger partial charge in [-0.25, -0.2) is 0 Å². The van der Waals surface area contributed by atoms with Crippen LogP contribution in [0.15, 0.2) is 12.7 Å². The topological polar surface area (TPSA) is 95.7 Å². The molecule has 2 atom stereocenters. The normalized spacial score (nSPS) is 21.4. The average molecular weight is 352 g/mol. The summed E-state index contributed by atoms with van der Waals surface area (Å²) in [5.41, 5.74) is 5.47. The maximum absolute atomic E-state index is 11.9. The lowest BCUT2D eigenvalue weighted by Gasteiger charge is -2.34. The quantitative estimate of drug-likeness (QED) is 0.319. The minimum absolute atomic E-state index is 0.0595. The predicted molar refractivity (Wildman–Crippen MR) is 97.6 cm³/mol. The molecule has 2 unspecified atom stereocenters. The molecule has 0 aromatic heterocycles. The van der Waals surface area contributed by atoms with E-state index < -0.39 is 0 Å². The second-order valence-electron chi connectivity index (χ2n) is 7.36. The van der Waals surface area contributed by atoms with Gasteiger partial charge in [-0.05, 0) is 50.3 Å². The Morgan fingerprint density at radius 2 is 2.08 bits per heavy atom. The summed E-state index contributed by atoms with van der Waals surface area (Å²) in [4.78, 5) is 38.0. The fraction of sp³-hybridized carbons (Fsp3) is 0.722. The minimum Gasteiger partial charge on any atom is -0.368 e. The van der Waals surface area contributed by atoms with Crippen molar-refractivity contribution in [3.8, 4) is 0 Å². The molecule has 0 spiro atoms. The highest BCUT2D eigenvalue weighted by molar-refractivity contribution is 5.87. The highest BCUT2D eigenvalue weighted by atomic mass is 16.2. The summed E-state index contributed by atoms with van der Waals surface area (Å²) in [5, 5.41) is 2.71. The number of primary amides is 1. The number of nitrogens with zero attached hydrogens (tertiary/aromatic N) is 2. The van der Waals surface area contributed by atoms with Gasteiger partial charge in [-0.15, -0.1) is 0 Å². The number of carbonyl (C=O) groups excluding carboxylic acids is 3. The third-order valence-electron chi connectivity index (χ3n) is 5.20. The number of carbonyl (C=O) groups is 3. The van der Waals surface area contributed by atoms with Gasteiger partial charge < -0.3 is 16.0 Å². The summed E-state index contributed by atoms with van der Waals surface area (Å²) in [6.07, 6.45) is 4.55. The second kappa shape index (κ2) is 9.56. The zero-order valence-corrected chi connectivity index (χ0v) is 15.7. The molecule has 0 radical (unpaired) electrons. The Bertz CT molecular complexity index is 495. The van der Waals surface area contributed by atoms with Crippen LogP contribution >= 0.6 is 0 Å². The molecule has 1 fully saturated rings. The van der Waals surface area contributed by atoms with Gasteiger partial charge in [-0.3, -0.25) is 19.3 Å². The van der Waals surface area contributed by atoms with Crippen LogP contribution in [0.2, 0.25) is 0 Å². The van der Waals surface area contributed by atoms with Gasteiger partial charge in [-0.2, -0.15) is 0 Å². The molecular formula is C18H32N4O3. The molecule has 1 heterocycles. The summed E-state index contributed by atoms with van der Waals surface area (Å²) in [5.74, 6) is -0.238. The number of hydrogen-bond donors (Lipinski definition) is 2. The van der Waals surface area contributed by atoms with Crippen molar-refractivity contribution in [1.82, 2.24) is 15.1 Å². The molecule has 1 saturated heterocycles. The fourth-order valence-corrected chi connectivity index (χ4v) is 3.79. The fourth-order valence-electron chi connectivity index (χ4n) is 3.79. The van der Waals surface area contributed by atoms with E-state index in [-0.39, 0.29) is 29.2 Å². The van der Waals surface area contributed by atoms with E-state index in [0.29, 0.717) is 32.6 Å². The van der Waals surface area contributed by atoms with Crippen LogP contribution in [-0.4, -0.2) is 67.3 Å². The first kappa shape index (κ1) is 21.2. The van der Waals surface area contributed by atoms with Crippen molar-refractivity contribution in [3.05, 3.63) is 12.7 Å². The number of hydrogen-bond acceptors (Lipinski definition) is 4. The maximum Gasteiger partial charge on any atom is 0.245 e. The van der Waals surface area contributed by atoms with E-state index >= 15 is 0 Å². The molecule has 142 valence electrons. The van der Waals surface area contributed by atoms with Crippen molar-refractivity contribution in [2.24, 2.45) is 17.1 Å². The SMILES string of the molecule is C=CC(=O)N1CCC(CCNC=O)(CCN(C)C(C(N)=O)C(C)C)C1. The van der Waals surface area contributed by atoms with Gasteiger partial charge in [0.1, 0.15) is 0 Å². The monoisotopic (exact) mass is 352 g/mol. The Labute approximate surface area is 150 Å². The van der Waals surface area contributed by atoms with E-state index in [9.17, 15) is 14.4 Å². The number of likely N-dealkylation sites (N-methyl/N-ethyl adjacent to an activating group) is 1. The number of amides is 3. The smallest absolute Gasteiger partial charge is 0.245 e. The molecule has 1 rings (SSSR count). The molecule has 0 aromatic carbocycles. The van der Waals surface area contributed by atoms with Gasteiger partial charge in [0, 0.05) is 19.6 Å². The van der Waals surface area contributed by atoms with Gasteiger partial charge in [0.25, 0.3) is 0 Å². The number of nitrogens with one attached hydrogen (secondary N) is 1. The predicted octanol–water partition coefficient (Wildman–Crippen LogP) is 0.359. The molecule has 3 amide bonds. The number of rotatable bonds is 11. The van der Waals surface area contributed by atoms with Crippen molar-refractivity contribution in [2.75, 3.05) is 33.2 Å². The largest absolute Gasteiger partial charge is 0.368 e. The van der Waals surface area contributed by atoms with E-state index in [1.807, 2.05) is 30.7 Å². The molecular weight excluding hydrogens is 320 g/mol. The maximum atomic E-state index is 11.9. The van der Waals surface area contributed by atoms with Crippen LogP contribution in [0.25, 0.3) is 0 Å². The van der Waals surface area contributed by atoms with Crippen LogP contribution in [-0.2, 0) is 14.4 Å². The standard InChI is InChI=1S/C18H32N4O3/c1-5-15(24)22-11-8-18(12-22,6-9-20-13-23)7-10-21(4)16(14(2)3)17(19)25/h5,13-14,16H,1,6-12H2,2-4H3,(H2,19,25)(H,20,23). The molecule has 1 aliphatic rings. The van der Waals surface area contributed by atoms with Crippen molar-refractivity contribution in [1.29, 1.82) is 0 Å². The number of likely N-dealkylation sites (tertiary alicyclic amines) is 1. The Balaban J connectivity index is 2.77. The van der Waals surface area contributed by atoms with Gasteiger partial charge in [0.15, 0.2) is 0 Å². The van der Waals surface area contributed by atoms with Crippen molar-refractivity contribution in [3.63, 3.8) is 0 Å². The van der Waals surface area contributed by atoms with Crippen molar-refractivity contribution >= 4 is 18.2 Å². The lowest BCUT2D eigenvalue weighted by atomic mass is 9.80. The summed E-state index contributed by atoms with van der Waals surface area (Å²) in [7, 11) is 1.91. The Kier molecular flexibility index (Phi) is 8.09. The molecule has 0 aliphatic carbocycles. The lowest BCUT2D eigenvalue weighted by molar-refractivity contribution is -0.125. The van der Waals surface area contributed by atoms with Gasteiger partial charge >= 0.3 is 0 Å². The number of nitrogens with two attached hydrogens (primary N) is 1. The average Bonchev–Trinajstić information content (AvgIpc) is 2.97. The second-order valence-corrected chi connectivity index (χ2v) is 7.36. The van der Waals surface area contributed by atoms with Crippen LogP contribution in [0.1, 0.15) is 33.1 Å². The third kappa shape index (κ3) is 5.85. The Morgan fingerprint density at radius 1 is 1.40 bits per heavy atom. The van der Waals surface area contributed by atoms with E-state index in [1.165, 1.54) is 6.08 Å². The molecule has 0 saturated carbocycles. The van der Waals surface area contributed by atoms with Crippen LogP contribution in [0, 0.1) is 11.3 Å². The molecule has 7 nitrogen and oxygen atoms in total. The third-order valence-corrected chi connectivity index (χ3v) is 5.20. The van der Waals surface area contributed by atoms with Gasteiger partial charge in [0.05, 0.1) is 6.04 Å². The zero-order valence-electron chi connectivity index (χ0n) is 15.7. The highest BCUT2D eigenvalue weighted by Crippen LogP contribution is 2.37. The first-order valence-corrected chi connectivity index (χ1v) is 8.84. The first-order chi connectivity index (χ1) is 11.8. The molecule has 0 aromatic rings. The van der Waals surface area contributed by atoms with Crippen molar-refractivity contribution < 1.29 is 14.4 Å². The molecule has 25 heavy (non-hydrogen) atoms. The summed E-state index contributed by atoms with van der Waals surface area (Å²) in [6.45, 7) is 10.1. The van der Waals surface area contributed by atoms with Gasteiger partial charge in [-0.1, -0.05) is 20.4 Å². The summed E-state index contributed by atoms with van der Waals surface area (Å²) in [6, 6.07) is -0.308. The summed E-state index contributed by atoms with van der Waals surface area (Å²) >= 11 is 0. The van der Waals surface area contributed by atoms with E-state index in [0.717, 1.165) is 19.3 Å². The van der Waals surface area contributed by atoms with Crippen LogP contribution in [0.4, 0.5) is 0 Å². The first-order valence-electron chi connectivity index (χ1n) is 8.84. The van der Waals surface area contributed by atoms with Crippen LogP contribution in [0.5, 0.6) is 0 Å². The Morgan fingerprint density at radius 3 is 2.60 bits per heavy atom. The van der Waals surface area contributed by atoms with Crippen molar-refractivity contribution in [2.45, 2.75) is 39.2 Å². The minimum atomic E-state index is -0.316. The highest BCUT2D eigenvalue weighted by Gasteiger charge is 2.39. The molecule has 3 N–H and O–H groups in total. The van der Waals surface area contributed by atoms with Gasteiger partial charge in [0.2, 0.25) is 18.2 Å². The molecule has 1 aliphatic heterocycles. The lowest BCUT2D eigenvalue weighted by Crippen LogP contribution is -2.47. The zero-order chi connectivity index (χ0) is 19.0. The Hall–Kier alpha value is -1.89. The van der Waals surface area contributed by atoms with E-state index in [2.05, 4.69) is 11.9 Å². The molecule has 7 heteroatoms. The van der Waals surface area contributed by atoms with E-state index in [1.54, 1.807) is 0 Å². The van der Waals surface area contributed by atoms with Crippen LogP contribution < -0.4 is 11.1 Å². The van der Waals surface area contributed by atoms with E-state index in [4.69, 9.17) is 5.73 Å². The van der Waals surface area contributed by atoms with Crippen LogP contribution in [0.3, 0.4) is 0 Å².